The number of carbonyl (C=O) groups is 1. The van der Waals surface area contributed by atoms with E-state index >= 15 is 0 Å². The van der Waals surface area contributed by atoms with Crippen LogP contribution in [0, 0.1) is 5.92 Å². The Bertz CT molecular complexity index is 787. The minimum atomic E-state index is -3.32. The van der Waals surface area contributed by atoms with Crippen molar-refractivity contribution in [3.63, 3.8) is 0 Å². The Hall–Kier alpha value is -1.60. The largest absolute Gasteiger partial charge is 0.326 e. The van der Waals surface area contributed by atoms with Gasteiger partial charge in [-0.3, -0.25) is 9.10 Å². The lowest BCUT2D eigenvalue weighted by molar-refractivity contribution is -0.119. The van der Waals surface area contributed by atoms with E-state index in [0.717, 1.165) is 62.1 Å². The number of piperidine rings is 1. The lowest BCUT2D eigenvalue weighted by Crippen LogP contribution is -2.46. The van der Waals surface area contributed by atoms with E-state index in [0.29, 0.717) is 0 Å². The maximum Gasteiger partial charge on any atom is 0.232 e. The molecule has 136 valence electrons. The van der Waals surface area contributed by atoms with Crippen LogP contribution in [0.5, 0.6) is 0 Å². The number of fused-ring (bicyclic) bond motifs is 3. The fraction of sp³-hybridized carbons (Fsp3) is 0.611. The molecular formula is C18H25N3O3S. The highest BCUT2D eigenvalue weighted by atomic mass is 32.2. The molecule has 2 N–H and O–H groups in total. The third-order valence-electron chi connectivity index (χ3n) is 5.76. The number of benzene rings is 1. The van der Waals surface area contributed by atoms with Gasteiger partial charge in [0.15, 0.2) is 0 Å². The van der Waals surface area contributed by atoms with Crippen molar-refractivity contribution in [2.75, 3.05) is 29.0 Å². The minimum absolute atomic E-state index is 0.0213. The van der Waals surface area contributed by atoms with E-state index in [1.165, 1.54) is 6.26 Å². The van der Waals surface area contributed by atoms with E-state index in [1.807, 2.05) is 18.2 Å². The van der Waals surface area contributed by atoms with Gasteiger partial charge in [0, 0.05) is 24.1 Å². The molecule has 0 aromatic heterocycles. The van der Waals surface area contributed by atoms with E-state index in [2.05, 4.69) is 10.6 Å². The molecule has 2 unspecified atom stereocenters. The number of nitrogens with zero attached hydrogens (tertiary/aromatic N) is 1. The number of amides is 1. The van der Waals surface area contributed by atoms with Crippen molar-refractivity contribution in [3.05, 3.63) is 23.8 Å². The predicted molar refractivity (Wildman–Crippen MR) is 98.4 cm³/mol. The second-order valence-corrected chi connectivity index (χ2v) is 9.33. The molecule has 1 aromatic carbocycles. The molecule has 1 aliphatic carbocycles. The van der Waals surface area contributed by atoms with E-state index in [9.17, 15) is 13.2 Å². The van der Waals surface area contributed by atoms with Crippen LogP contribution in [0.3, 0.4) is 0 Å². The van der Waals surface area contributed by atoms with E-state index in [4.69, 9.17) is 0 Å². The molecule has 0 radical (unpaired) electrons. The standard InChI is InChI=1S/C18H25N3O3S/c1-25(23,24)21-16-7-6-13(20-18(22)12-4-2-3-5-12)10-14(16)15-11-19-9-8-17(15)21/h6-7,10,12,15,17,19H,2-5,8-9,11H2,1H3,(H,20,22). The Morgan fingerprint density at radius 3 is 2.72 bits per heavy atom. The zero-order valence-corrected chi connectivity index (χ0v) is 15.3. The summed E-state index contributed by atoms with van der Waals surface area (Å²) < 4.78 is 26.2. The Labute approximate surface area is 149 Å². The van der Waals surface area contributed by atoms with Crippen molar-refractivity contribution in [1.29, 1.82) is 0 Å². The highest BCUT2D eigenvalue weighted by molar-refractivity contribution is 7.92. The number of hydrogen-bond donors (Lipinski definition) is 2. The highest BCUT2D eigenvalue weighted by Crippen LogP contribution is 2.45. The summed E-state index contributed by atoms with van der Waals surface area (Å²) in [6.07, 6.45) is 6.26. The first-order chi connectivity index (χ1) is 11.9. The van der Waals surface area contributed by atoms with Gasteiger partial charge in [0.1, 0.15) is 0 Å². The molecule has 1 saturated carbocycles. The molecule has 7 heteroatoms. The van der Waals surface area contributed by atoms with Crippen LogP contribution in [0.15, 0.2) is 18.2 Å². The van der Waals surface area contributed by atoms with Crippen LogP contribution in [-0.2, 0) is 14.8 Å². The van der Waals surface area contributed by atoms with Gasteiger partial charge >= 0.3 is 0 Å². The van der Waals surface area contributed by atoms with Crippen LogP contribution < -0.4 is 14.9 Å². The average Bonchev–Trinajstić information content (AvgIpc) is 3.20. The van der Waals surface area contributed by atoms with Crippen LogP contribution in [0.4, 0.5) is 11.4 Å². The quantitative estimate of drug-likeness (QED) is 0.861. The van der Waals surface area contributed by atoms with Crippen LogP contribution in [-0.4, -0.2) is 39.7 Å². The fourth-order valence-corrected chi connectivity index (χ4v) is 5.88. The zero-order chi connectivity index (χ0) is 17.6. The maximum absolute atomic E-state index is 12.4. The summed E-state index contributed by atoms with van der Waals surface area (Å²) in [4.78, 5) is 12.4. The Kier molecular flexibility index (Phi) is 4.24. The molecule has 25 heavy (non-hydrogen) atoms. The Morgan fingerprint density at radius 1 is 1.24 bits per heavy atom. The van der Waals surface area contributed by atoms with Crippen molar-refractivity contribution < 1.29 is 13.2 Å². The first-order valence-electron chi connectivity index (χ1n) is 9.10. The van der Waals surface area contributed by atoms with Crippen molar-refractivity contribution in [3.8, 4) is 0 Å². The second kappa shape index (κ2) is 6.29. The van der Waals surface area contributed by atoms with Crippen LogP contribution in [0.1, 0.15) is 43.6 Å². The summed E-state index contributed by atoms with van der Waals surface area (Å²) in [5.74, 6) is 0.348. The normalized spacial score (nSPS) is 26.4. The van der Waals surface area contributed by atoms with Crippen molar-refractivity contribution >= 4 is 27.3 Å². The molecule has 2 fully saturated rings. The molecule has 2 heterocycles. The highest BCUT2D eigenvalue weighted by Gasteiger charge is 2.43. The summed E-state index contributed by atoms with van der Waals surface area (Å²) in [6, 6.07) is 5.62. The molecule has 1 amide bonds. The van der Waals surface area contributed by atoms with Gasteiger partial charge in [0.05, 0.1) is 18.0 Å². The minimum Gasteiger partial charge on any atom is -0.326 e. The zero-order valence-electron chi connectivity index (χ0n) is 14.5. The molecule has 6 nitrogen and oxygen atoms in total. The van der Waals surface area contributed by atoms with Gasteiger partial charge in [-0.2, -0.15) is 0 Å². The SMILES string of the molecule is CS(=O)(=O)N1c2ccc(NC(=O)C3CCCC3)cc2C2CNCCC21. The molecule has 1 saturated heterocycles. The smallest absolute Gasteiger partial charge is 0.232 e. The molecule has 2 aliphatic heterocycles. The molecule has 4 rings (SSSR count). The van der Waals surface area contributed by atoms with Gasteiger partial charge in [-0.05, 0) is 49.6 Å². The van der Waals surface area contributed by atoms with Crippen LogP contribution >= 0.6 is 0 Å². The second-order valence-electron chi connectivity index (χ2n) is 7.47. The number of carbonyl (C=O) groups excluding carboxylic acids is 1. The Morgan fingerprint density at radius 2 is 2.00 bits per heavy atom. The average molecular weight is 363 g/mol. The summed E-state index contributed by atoms with van der Waals surface area (Å²) in [5.41, 5.74) is 2.56. The van der Waals surface area contributed by atoms with E-state index in [-0.39, 0.29) is 23.8 Å². The van der Waals surface area contributed by atoms with Crippen LogP contribution in [0.2, 0.25) is 0 Å². The van der Waals surface area contributed by atoms with Crippen molar-refractivity contribution in [2.45, 2.75) is 44.1 Å². The first-order valence-corrected chi connectivity index (χ1v) is 10.9. The third-order valence-corrected chi connectivity index (χ3v) is 6.94. The van der Waals surface area contributed by atoms with E-state index < -0.39 is 10.0 Å². The topological polar surface area (TPSA) is 78.5 Å². The number of hydrogen-bond acceptors (Lipinski definition) is 4. The number of nitrogens with one attached hydrogen (secondary N) is 2. The van der Waals surface area contributed by atoms with Gasteiger partial charge in [0.2, 0.25) is 15.9 Å². The lowest BCUT2D eigenvalue weighted by atomic mass is 9.90. The third kappa shape index (κ3) is 3.04. The van der Waals surface area contributed by atoms with Gasteiger partial charge in [0.25, 0.3) is 0 Å². The maximum atomic E-state index is 12.4. The summed E-state index contributed by atoms with van der Waals surface area (Å²) >= 11 is 0. The monoisotopic (exact) mass is 363 g/mol. The van der Waals surface area contributed by atoms with E-state index in [1.54, 1.807) is 4.31 Å². The van der Waals surface area contributed by atoms with Gasteiger partial charge in [-0.1, -0.05) is 12.8 Å². The summed E-state index contributed by atoms with van der Waals surface area (Å²) in [6.45, 7) is 1.59. The first kappa shape index (κ1) is 16.8. The molecular weight excluding hydrogens is 338 g/mol. The predicted octanol–water partition coefficient (Wildman–Crippen LogP) is 2.04. The van der Waals surface area contributed by atoms with Gasteiger partial charge in [-0.25, -0.2) is 8.42 Å². The molecule has 0 bridgehead atoms. The number of rotatable bonds is 3. The molecule has 1 aromatic rings. The number of anilines is 2. The number of sulfonamides is 1. The Balaban J connectivity index is 1.64. The summed E-state index contributed by atoms with van der Waals surface area (Å²) in [5, 5.41) is 6.40. The fourth-order valence-electron chi connectivity index (χ4n) is 4.61. The molecule has 2 atom stereocenters. The van der Waals surface area contributed by atoms with Crippen molar-refractivity contribution in [1.82, 2.24) is 5.32 Å². The van der Waals surface area contributed by atoms with Crippen molar-refractivity contribution in [2.24, 2.45) is 5.92 Å². The molecule has 3 aliphatic rings. The van der Waals surface area contributed by atoms with Gasteiger partial charge in [-0.15, -0.1) is 0 Å². The van der Waals surface area contributed by atoms with Crippen LogP contribution in [0.25, 0.3) is 0 Å². The molecule has 0 spiro atoms. The summed E-state index contributed by atoms with van der Waals surface area (Å²) in [7, 11) is -3.32. The van der Waals surface area contributed by atoms with Gasteiger partial charge < -0.3 is 10.6 Å². The lowest BCUT2D eigenvalue weighted by Gasteiger charge is -2.32.